The molecule has 0 spiro atoms. The summed E-state index contributed by atoms with van der Waals surface area (Å²) in [5.41, 5.74) is 0. The number of carbonyl (C=O) groups is 4. The van der Waals surface area contributed by atoms with Crippen molar-refractivity contribution < 1.29 is 23.9 Å². The van der Waals surface area contributed by atoms with Crippen LogP contribution in [0.1, 0.15) is 32.6 Å². The van der Waals surface area contributed by atoms with Crippen LogP contribution in [0, 0.1) is 11.8 Å². The van der Waals surface area contributed by atoms with E-state index in [1.54, 1.807) is 12.2 Å². The topological polar surface area (TPSA) is 84.0 Å². The van der Waals surface area contributed by atoms with Gasteiger partial charge >= 0.3 is 5.97 Å². The number of fused-ring (bicyclic) bond motifs is 1. The van der Waals surface area contributed by atoms with Crippen LogP contribution in [0.5, 0.6) is 0 Å². The van der Waals surface area contributed by atoms with Crippen molar-refractivity contribution in [2.75, 3.05) is 19.7 Å². The number of hydrogen-bond donors (Lipinski definition) is 0. The quantitative estimate of drug-likeness (QED) is 0.369. The Morgan fingerprint density at radius 3 is 2.12 bits per heavy atom. The largest absolute Gasteiger partial charge is 0.454 e. The highest BCUT2D eigenvalue weighted by Gasteiger charge is 2.51. The molecule has 2 aliphatic rings. The maximum Gasteiger partial charge on any atom is 0.329 e. The van der Waals surface area contributed by atoms with E-state index in [9.17, 15) is 19.2 Å². The van der Waals surface area contributed by atoms with Crippen LogP contribution in [0.4, 0.5) is 0 Å². The molecule has 3 atom stereocenters. The van der Waals surface area contributed by atoms with Gasteiger partial charge in [0.1, 0.15) is 6.04 Å². The number of nitrogens with zero attached hydrogens (tertiary/aromatic N) is 2. The number of rotatable bonds is 8. The molecule has 2 rings (SSSR count). The van der Waals surface area contributed by atoms with Gasteiger partial charge in [-0.1, -0.05) is 25.0 Å². The molecule has 3 amide bonds. The predicted molar refractivity (Wildman–Crippen MR) is 94.7 cm³/mol. The lowest BCUT2D eigenvalue weighted by Gasteiger charge is -2.23. The second-order valence-corrected chi connectivity index (χ2v) is 6.70. The summed E-state index contributed by atoms with van der Waals surface area (Å²) in [5.74, 6) is -2.37. The van der Waals surface area contributed by atoms with Crippen LogP contribution in [-0.4, -0.2) is 59.2 Å². The van der Waals surface area contributed by atoms with E-state index in [4.69, 9.17) is 4.74 Å². The summed E-state index contributed by atoms with van der Waals surface area (Å²) in [6.45, 7) is 8.78. The monoisotopic (exact) mass is 362 g/mol. The summed E-state index contributed by atoms with van der Waals surface area (Å²) in [4.78, 5) is 51.9. The number of ether oxygens (including phenoxy) is 1. The lowest BCUT2D eigenvalue weighted by molar-refractivity contribution is -0.161. The molecule has 1 aliphatic carbocycles. The Kier molecular flexibility index (Phi) is 6.71. The second-order valence-electron chi connectivity index (χ2n) is 6.70. The Bertz CT molecular complexity index is 581. The molecular formula is C19H26N2O5. The van der Waals surface area contributed by atoms with Crippen molar-refractivity contribution in [3.8, 4) is 0 Å². The van der Waals surface area contributed by atoms with Gasteiger partial charge in [-0.25, -0.2) is 4.79 Å². The number of esters is 1. The Labute approximate surface area is 153 Å². The van der Waals surface area contributed by atoms with Crippen LogP contribution >= 0.6 is 0 Å². The molecule has 142 valence electrons. The molecule has 26 heavy (non-hydrogen) atoms. The number of likely N-dealkylation sites (tertiary alicyclic amines) is 1. The van der Waals surface area contributed by atoms with Gasteiger partial charge in [-0.2, -0.15) is 0 Å². The summed E-state index contributed by atoms with van der Waals surface area (Å²) in [7, 11) is 0. The van der Waals surface area contributed by atoms with Gasteiger partial charge in [0.2, 0.25) is 11.8 Å². The van der Waals surface area contributed by atoms with E-state index >= 15 is 0 Å². The van der Waals surface area contributed by atoms with Gasteiger partial charge in [0.25, 0.3) is 5.91 Å². The van der Waals surface area contributed by atoms with Gasteiger partial charge < -0.3 is 9.64 Å². The highest BCUT2D eigenvalue weighted by molar-refractivity contribution is 6.07. The Balaban J connectivity index is 1.95. The van der Waals surface area contributed by atoms with E-state index in [1.165, 1.54) is 11.8 Å². The average molecular weight is 362 g/mol. The lowest BCUT2D eigenvalue weighted by Crippen LogP contribution is -2.45. The molecule has 3 unspecified atom stereocenters. The van der Waals surface area contributed by atoms with Crippen molar-refractivity contribution in [3.63, 3.8) is 0 Å². The van der Waals surface area contributed by atoms with Crippen LogP contribution in [0.2, 0.25) is 0 Å². The van der Waals surface area contributed by atoms with Crippen molar-refractivity contribution in [2.45, 2.75) is 38.6 Å². The maximum atomic E-state index is 12.5. The minimum absolute atomic E-state index is 0.296. The van der Waals surface area contributed by atoms with E-state index in [0.29, 0.717) is 25.9 Å². The van der Waals surface area contributed by atoms with Gasteiger partial charge in [-0.05, 0) is 19.8 Å². The highest BCUT2D eigenvalue weighted by atomic mass is 16.5. The van der Waals surface area contributed by atoms with Crippen LogP contribution in [-0.2, 0) is 23.9 Å². The second kappa shape index (κ2) is 8.78. The summed E-state index contributed by atoms with van der Waals surface area (Å²) in [6, 6.07) is -1.03. The van der Waals surface area contributed by atoms with E-state index < -0.39 is 24.5 Å². The minimum atomic E-state index is -1.03. The van der Waals surface area contributed by atoms with E-state index in [0.717, 1.165) is 17.7 Å². The molecule has 0 N–H and O–H groups in total. The van der Waals surface area contributed by atoms with Crippen molar-refractivity contribution in [1.29, 1.82) is 0 Å². The third-order valence-electron chi connectivity index (χ3n) is 4.99. The molecule has 1 aliphatic heterocycles. The van der Waals surface area contributed by atoms with Gasteiger partial charge in [0, 0.05) is 13.1 Å². The average Bonchev–Trinajstić information content (AvgIpc) is 2.89. The number of amides is 3. The van der Waals surface area contributed by atoms with Crippen molar-refractivity contribution >= 4 is 23.7 Å². The molecule has 7 heteroatoms. The zero-order valence-corrected chi connectivity index (χ0v) is 15.2. The summed E-state index contributed by atoms with van der Waals surface area (Å²) >= 11 is 0. The van der Waals surface area contributed by atoms with Gasteiger partial charge in [0.15, 0.2) is 6.61 Å². The third kappa shape index (κ3) is 4.03. The summed E-state index contributed by atoms with van der Waals surface area (Å²) in [6.07, 6.45) is 6.34. The molecule has 0 radical (unpaired) electrons. The number of imide groups is 1. The van der Waals surface area contributed by atoms with E-state index in [1.807, 2.05) is 0 Å². The van der Waals surface area contributed by atoms with E-state index in [-0.39, 0.29) is 23.7 Å². The number of hydrogen-bond acceptors (Lipinski definition) is 5. The van der Waals surface area contributed by atoms with Gasteiger partial charge in [0.05, 0.1) is 11.8 Å². The Hall–Kier alpha value is -2.44. The van der Waals surface area contributed by atoms with Crippen molar-refractivity contribution in [2.24, 2.45) is 11.8 Å². The van der Waals surface area contributed by atoms with Crippen molar-refractivity contribution in [1.82, 2.24) is 9.80 Å². The first-order valence-corrected chi connectivity index (χ1v) is 8.95. The molecule has 1 saturated carbocycles. The highest BCUT2D eigenvalue weighted by Crippen LogP contribution is 2.38. The summed E-state index contributed by atoms with van der Waals surface area (Å²) in [5, 5.41) is 0. The van der Waals surface area contributed by atoms with Crippen LogP contribution in [0.15, 0.2) is 25.3 Å². The molecule has 1 saturated heterocycles. The Morgan fingerprint density at radius 1 is 1.15 bits per heavy atom. The number of carbonyl (C=O) groups excluding carboxylic acids is 4. The zero-order chi connectivity index (χ0) is 19.3. The first kappa shape index (κ1) is 19.9. The fourth-order valence-corrected chi connectivity index (χ4v) is 3.61. The van der Waals surface area contributed by atoms with E-state index in [2.05, 4.69) is 13.2 Å². The standard InChI is InChI=1S/C19H26N2O5/c1-4-10-20(11-5-2)16(22)12-26-19(25)13(3)21-17(23)14-8-6-7-9-15(14)18(21)24/h4-5,13-15H,1-2,6-12H2,3H3. The van der Waals surface area contributed by atoms with Crippen LogP contribution in [0.3, 0.4) is 0 Å². The molecule has 2 fully saturated rings. The molecule has 1 heterocycles. The normalized spacial score (nSPS) is 23.2. The predicted octanol–water partition coefficient (Wildman–Crippen LogP) is 1.29. The lowest BCUT2D eigenvalue weighted by atomic mass is 9.81. The smallest absolute Gasteiger partial charge is 0.329 e. The summed E-state index contributed by atoms with van der Waals surface area (Å²) < 4.78 is 5.06. The third-order valence-corrected chi connectivity index (χ3v) is 4.99. The molecule has 0 aromatic carbocycles. The molecule has 0 bridgehead atoms. The SMILES string of the molecule is C=CCN(CC=C)C(=O)COC(=O)C(C)N1C(=O)C2CCCCC2C1=O. The fourth-order valence-electron chi connectivity index (χ4n) is 3.61. The fraction of sp³-hybridized carbons (Fsp3) is 0.579. The van der Waals surface area contributed by atoms with Gasteiger partial charge in [-0.15, -0.1) is 13.2 Å². The maximum absolute atomic E-state index is 12.5. The van der Waals surface area contributed by atoms with Crippen LogP contribution < -0.4 is 0 Å². The minimum Gasteiger partial charge on any atom is -0.454 e. The van der Waals surface area contributed by atoms with Crippen LogP contribution in [0.25, 0.3) is 0 Å². The molecular weight excluding hydrogens is 336 g/mol. The molecule has 7 nitrogen and oxygen atoms in total. The van der Waals surface area contributed by atoms with Crippen molar-refractivity contribution in [3.05, 3.63) is 25.3 Å². The Morgan fingerprint density at radius 2 is 1.65 bits per heavy atom. The first-order valence-electron chi connectivity index (χ1n) is 8.95. The first-order chi connectivity index (χ1) is 12.4. The molecule has 0 aromatic heterocycles. The van der Waals surface area contributed by atoms with Gasteiger partial charge in [-0.3, -0.25) is 19.3 Å². The zero-order valence-electron chi connectivity index (χ0n) is 15.2. The molecule has 0 aromatic rings.